The number of aromatic nitrogens is 1. The number of hydrogen-bond donors (Lipinski definition) is 1. The zero-order valence-electron chi connectivity index (χ0n) is 15.4. The fourth-order valence-electron chi connectivity index (χ4n) is 2.75. The Morgan fingerprint density at radius 3 is 2.32 bits per heavy atom. The third-order valence-corrected chi connectivity index (χ3v) is 4.12. The molecule has 142 valence electrons. The summed E-state index contributed by atoms with van der Waals surface area (Å²) >= 11 is 0. The van der Waals surface area contributed by atoms with E-state index in [4.69, 9.17) is 4.74 Å². The number of nitrogens with zero attached hydrogens (tertiary/aromatic N) is 1. The molecule has 0 unspecified atom stereocenters. The highest BCUT2D eigenvalue weighted by molar-refractivity contribution is 6.46. The van der Waals surface area contributed by atoms with Crippen molar-refractivity contribution in [1.82, 2.24) is 4.57 Å². The summed E-state index contributed by atoms with van der Waals surface area (Å²) in [6.07, 6.45) is 1.77. The fourth-order valence-corrected chi connectivity index (χ4v) is 2.75. The van der Waals surface area contributed by atoms with E-state index in [0.717, 1.165) is 5.56 Å². The second kappa shape index (κ2) is 8.81. The van der Waals surface area contributed by atoms with Crippen LogP contribution in [0.3, 0.4) is 0 Å². The minimum absolute atomic E-state index is 0.286. The molecule has 0 aliphatic heterocycles. The molecule has 6 heteroatoms. The summed E-state index contributed by atoms with van der Waals surface area (Å²) in [5.74, 6) is -1.80. The van der Waals surface area contributed by atoms with Crippen molar-refractivity contribution in [2.45, 2.75) is 13.5 Å². The summed E-state index contributed by atoms with van der Waals surface area (Å²) in [5.41, 5.74) is 2.14. The molecular formula is C22H20N2O4. The van der Waals surface area contributed by atoms with E-state index < -0.39 is 17.7 Å². The van der Waals surface area contributed by atoms with Gasteiger partial charge in [0.15, 0.2) is 0 Å². The zero-order valence-corrected chi connectivity index (χ0v) is 15.4. The highest BCUT2D eigenvalue weighted by Gasteiger charge is 2.20. The van der Waals surface area contributed by atoms with E-state index in [-0.39, 0.29) is 6.61 Å². The lowest BCUT2D eigenvalue weighted by Crippen LogP contribution is -2.25. The second-order valence-corrected chi connectivity index (χ2v) is 6.09. The van der Waals surface area contributed by atoms with Gasteiger partial charge >= 0.3 is 5.97 Å². The molecule has 0 saturated carbocycles. The largest absolute Gasteiger partial charge is 0.462 e. The Balaban J connectivity index is 1.68. The topological polar surface area (TPSA) is 77.4 Å². The van der Waals surface area contributed by atoms with Crippen LogP contribution in [0.1, 0.15) is 33.3 Å². The number of ether oxygens (including phenoxy) is 1. The van der Waals surface area contributed by atoms with Gasteiger partial charge in [0.1, 0.15) is 0 Å². The Morgan fingerprint density at radius 2 is 1.64 bits per heavy atom. The maximum atomic E-state index is 12.6. The van der Waals surface area contributed by atoms with E-state index in [1.807, 2.05) is 30.3 Å². The van der Waals surface area contributed by atoms with Crippen LogP contribution in [0.4, 0.5) is 5.69 Å². The van der Waals surface area contributed by atoms with Crippen molar-refractivity contribution in [3.05, 3.63) is 89.7 Å². The quantitative estimate of drug-likeness (QED) is 0.389. The lowest BCUT2D eigenvalue weighted by atomic mass is 10.2. The van der Waals surface area contributed by atoms with Crippen molar-refractivity contribution >= 4 is 23.3 Å². The Hall–Kier alpha value is -3.67. The van der Waals surface area contributed by atoms with Crippen LogP contribution in [0.15, 0.2) is 72.9 Å². The van der Waals surface area contributed by atoms with Gasteiger partial charge in [0.05, 0.1) is 17.9 Å². The molecule has 0 fully saturated rings. The first-order valence-corrected chi connectivity index (χ1v) is 8.90. The van der Waals surface area contributed by atoms with Gasteiger partial charge in [0.25, 0.3) is 11.7 Å². The van der Waals surface area contributed by atoms with Gasteiger partial charge in [-0.2, -0.15) is 0 Å². The van der Waals surface area contributed by atoms with E-state index in [2.05, 4.69) is 5.32 Å². The van der Waals surface area contributed by atoms with Crippen LogP contribution < -0.4 is 5.32 Å². The van der Waals surface area contributed by atoms with Gasteiger partial charge in [-0.25, -0.2) is 4.79 Å². The smallest absolute Gasteiger partial charge is 0.338 e. The third-order valence-electron chi connectivity index (χ3n) is 4.12. The number of hydrogen-bond acceptors (Lipinski definition) is 4. The predicted molar refractivity (Wildman–Crippen MR) is 105 cm³/mol. The molecule has 0 spiro atoms. The van der Waals surface area contributed by atoms with Crippen LogP contribution in [0, 0.1) is 0 Å². The van der Waals surface area contributed by atoms with E-state index in [0.29, 0.717) is 23.5 Å². The van der Waals surface area contributed by atoms with Crippen LogP contribution in [0.2, 0.25) is 0 Å². The van der Waals surface area contributed by atoms with Crippen LogP contribution in [0.5, 0.6) is 0 Å². The molecule has 0 aliphatic carbocycles. The molecule has 0 aliphatic rings. The van der Waals surface area contributed by atoms with E-state index >= 15 is 0 Å². The van der Waals surface area contributed by atoms with Gasteiger partial charge in [-0.15, -0.1) is 0 Å². The molecule has 1 heterocycles. The number of amides is 1. The van der Waals surface area contributed by atoms with Crippen molar-refractivity contribution < 1.29 is 19.1 Å². The van der Waals surface area contributed by atoms with Gasteiger partial charge in [-0.3, -0.25) is 9.59 Å². The standard InChI is InChI=1S/C22H20N2O4/c1-2-28-22(27)17-10-12-18(13-11-17)23-21(26)20(25)19-9-6-14-24(19)15-16-7-4-3-5-8-16/h3-14H,2,15H2,1H3,(H,23,26). The minimum Gasteiger partial charge on any atom is -0.462 e. The lowest BCUT2D eigenvalue weighted by molar-refractivity contribution is -0.112. The van der Waals surface area contributed by atoms with E-state index in [1.165, 1.54) is 12.1 Å². The Morgan fingerprint density at radius 1 is 0.929 bits per heavy atom. The number of Topliss-reactive ketones (excluding diaryl/α,β-unsaturated/α-hetero) is 1. The normalized spacial score (nSPS) is 10.3. The van der Waals surface area contributed by atoms with Crippen molar-refractivity contribution in [2.75, 3.05) is 11.9 Å². The van der Waals surface area contributed by atoms with Crippen molar-refractivity contribution in [3.63, 3.8) is 0 Å². The monoisotopic (exact) mass is 376 g/mol. The summed E-state index contributed by atoms with van der Waals surface area (Å²) < 4.78 is 6.65. The van der Waals surface area contributed by atoms with E-state index in [9.17, 15) is 14.4 Å². The molecule has 0 radical (unpaired) electrons. The van der Waals surface area contributed by atoms with E-state index in [1.54, 1.807) is 42.0 Å². The van der Waals surface area contributed by atoms with Gasteiger partial charge < -0.3 is 14.6 Å². The van der Waals surface area contributed by atoms with Gasteiger partial charge in [-0.1, -0.05) is 30.3 Å². The number of nitrogens with one attached hydrogen (secondary N) is 1. The fraction of sp³-hybridized carbons (Fsp3) is 0.136. The molecule has 28 heavy (non-hydrogen) atoms. The van der Waals surface area contributed by atoms with Gasteiger partial charge in [-0.05, 0) is 48.9 Å². The highest BCUT2D eigenvalue weighted by Crippen LogP contribution is 2.13. The Bertz CT molecular complexity index is 975. The summed E-state index contributed by atoms with van der Waals surface area (Å²) in [5, 5.41) is 2.57. The summed E-state index contributed by atoms with van der Waals surface area (Å²) in [4.78, 5) is 36.6. The van der Waals surface area contributed by atoms with Crippen LogP contribution in [-0.4, -0.2) is 28.8 Å². The van der Waals surface area contributed by atoms with Gasteiger partial charge in [0.2, 0.25) is 0 Å². The van der Waals surface area contributed by atoms with Crippen molar-refractivity contribution in [1.29, 1.82) is 0 Å². The number of carbonyl (C=O) groups is 3. The minimum atomic E-state index is -0.739. The molecular weight excluding hydrogens is 356 g/mol. The first-order valence-electron chi connectivity index (χ1n) is 8.90. The number of benzene rings is 2. The number of esters is 1. The summed E-state index contributed by atoms with van der Waals surface area (Å²) in [6.45, 7) is 2.51. The molecule has 1 amide bonds. The number of carbonyl (C=O) groups excluding carboxylic acids is 3. The zero-order chi connectivity index (χ0) is 19.9. The molecule has 2 aromatic carbocycles. The van der Waals surface area contributed by atoms with Crippen LogP contribution >= 0.6 is 0 Å². The maximum Gasteiger partial charge on any atom is 0.338 e. The molecule has 1 aromatic heterocycles. The van der Waals surface area contributed by atoms with Crippen molar-refractivity contribution in [3.8, 4) is 0 Å². The second-order valence-electron chi connectivity index (χ2n) is 6.09. The maximum absolute atomic E-state index is 12.6. The number of ketones is 1. The summed E-state index contributed by atoms with van der Waals surface area (Å²) in [7, 11) is 0. The summed E-state index contributed by atoms with van der Waals surface area (Å²) in [6, 6.07) is 19.2. The average Bonchev–Trinajstić information content (AvgIpc) is 3.17. The highest BCUT2D eigenvalue weighted by atomic mass is 16.5. The predicted octanol–water partition coefficient (Wildman–Crippen LogP) is 3.53. The first-order chi connectivity index (χ1) is 13.6. The molecule has 6 nitrogen and oxygen atoms in total. The molecule has 0 saturated heterocycles. The van der Waals surface area contributed by atoms with Crippen LogP contribution in [-0.2, 0) is 16.1 Å². The number of anilines is 1. The molecule has 3 aromatic rings. The average molecular weight is 376 g/mol. The molecule has 1 N–H and O–H groups in total. The van der Waals surface area contributed by atoms with Crippen molar-refractivity contribution in [2.24, 2.45) is 0 Å². The molecule has 3 rings (SSSR count). The Kier molecular flexibility index (Phi) is 6.01. The molecule has 0 atom stereocenters. The third kappa shape index (κ3) is 4.54. The first kappa shape index (κ1) is 19.1. The lowest BCUT2D eigenvalue weighted by Gasteiger charge is -2.09. The Labute approximate surface area is 162 Å². The van der Waals surface area contributed by atoms with Gasteiger partial charge in [0, 0.05) is 18.4 Å². The van der Waals surface area contributed by atoms with Crippen LogP contribution in [0.25, 0.3) is 0 Å². The SMILES string of the molecule is CCOC(=O)c1ccc(NC(=O)C(=O)c2cccn2Cc2ccccc2)cc1. The number of rotatable bonds is 7. The molecule has 0 bridgehead atoms.